The topological polar surface area (TPSA) is 70.8 Å². The number of hydrogen-bond donors (Lipinski definition) is 1. The van der Waals surface area contributed by atoms with Crippen LogP contribution < -0.4 is 0 Å². The molecule has 5 heteroatoms. The number of benzene rings is 1. The molecule has 5 nitrogen and oxygen atoms in total. The predicted octanol–water partition coefficient (Wildman–Crippen LogP) is 2.47. The minimum atomic E-state index is -1.02. The summed E-state index contributed by atoms with van der Waals surface area (Å²) in [6.45, 7) is 3.55. The molecule has 1 N–H and O–H groups in total. The summed E-state index contributed by atoms with van der Waals surface area (Å²) in [5.74, 6) is -1.20. The molecule has 1 amide bonds. The number of rotatable bonds is 5. The van der Waals surface area contributed by atoms with Gasteiger partial charge in [-0.3, -0.25) is 9.59 Å². The normalized spacial score (nSPS) is 12.3. The lowest BCUT2D eigenvalue weighted by atomic mass is 10.1. The Labute approximate surface area is 116 Å². The second kappa shape index (κ2) is 5.77. The first-order valence-corrected chi connectivity index (χ1v) is 6.52. The lowest BCUT2D eigenvalue weighted by Gasteiger charge is -2.21. The van der Waals surface area contributed by atoms with Crippen LogP contribution in [-0.4, -0.2) is 35.0 Å². The zero-order chi connectivity index (χ0) is 14.7. The molecule has 0 saturated carbocycles. The molecule has 0 fully saturated rings. The van der Waals surface area contributed by atoms with Gasteiger partial charge in [-0.1, -0.05) is 18.2 Å². The molecule has 0 aliphatic heterocycles. The maximum absolute atomic E-state index is 12.3. The largest absolute Gasteiger partial charge is 0.480 e. The van der Waals surface area contributed by atoms with Gasteiger partial charge in [0.1, 0.15) is 17.9 Å². The summed E-state index contributed by atoms with van der Waals surface area (Å²) < 4.78 is 5.66. The number of hydrogen-bond acceptors (Lipinski definition) is 3. The van der Waals surface area contributed by atoms with E-state index < -0.39 is 11.9 Å². The van der Waals surface area contributed by atoms with Gasteiger partial charge in [0, 0.05) is 11.9 Å². The molecular weight excluding hydrogens is 258 g/mol. The smallest absolute Gasteiger partial charge is 0.323 e. The van der Waals surface area contributed by atoms with Gasteiger partial charge >= 0.3 is 5.97 Å². The molecule has 0 spiro atoms. The number of likely N-dealkylation sites (N-methyl/N-ethyl adjacent to an activating group) is 1. The number of carbonyl (C=O) groups is 2. The van der Waals surface area contributed by atoms with E-state index in [0.29, 0.717) is 12.3 Å². The predicted molar refractivity (Wildman–Crippen MR) is 74.5 cm³/mol. The first-order chi connectivity index (χ1) is 9.52. The second-order valence-corrected chi connectivity index (χ2v) is 4.65. The van der Waals surface area contributed by atoms with Crippen LogP contribution >= 0.6 is 0 Å². The molecule has 0 radical (unpaired) electrons. The third-order valence-electron chi connectivity index (χ3n) is 3.26. The molecule has 1 aromatic carbocycles. The van der Waals surface area contributed by atoms with Crippen LogP contribution in [0.2, 0.25) is 0 Å². The lowest BCUT2D eigenvalue weighted by molar-refractivity contribution is -0.144. The van der Waals surface area contributed by atoms with E-state index in [1.54, 1.807) is 13.8 Å². The summed E-state index contributed by atoms with van der Waals surface area (Å²) in [4.78, 5) is 24.4. The zero-order valence-corrected chi connectivity index (χ0v) is 11.5. The molecule has 0 aliphatic rings. The van der Waals surface area contributed by atoms with Crippen LogP contribution in [0.3, 0.4) is 0 Å². The van der Waals surface area contributed by atoms with Crippen molar-refractivity contribution in [3.8, 4) is 0 Å². The number of carboxylic acid groups (broad SMARTS) is 1. The molecule has 106 valence electrons. The summed E-state index contributed by atoms with van der Waals surface area (Å²) in [5, 5.41) is 9.75. The third-order valence-corrected chi connectivity index (χ3v) is 3.26. The van der Waals surface area contributed by atoms with Crippen molar-refractivity contribution in [3.63, 3.8) is 0 Å². The molecule has 1 heterocycles. The maximum Gasteiger partial charge on any atom is 0.323 e. The van der Waals surface area contributed by atoms with Crippen LogP contribution in [0.1, 0.15) is 25.5 Å². The van der Waals surface area contributed by atoms with E-state index in [1.807, 2.05) is 30.3 Å². The number of carbonyl (C=O) groups excluding carboxylic acids is 1. The maximum atomic E-state index is 12.3. The van der Waals surface area contributed by atoms with E-state index in [9.17, 15) is 9.59 Å². The number of para-hydroxylation sites is 1. The Morgan fingerprint density at radius 1 is 1.35 bits per heavy atom. The SMILES string of the molecule is CCN(CC(=O)O)C(=O)C(C)c1cc2ccccc2o1. The van der Waals surface area contributed by atoms with E-state index in [-0.39, 0.29) is 12.5 Å². The van der Waals surface area contributed by atoms with Gasteiger partial charge in [-0.15, -0.1) is 0 Å². The fourth-order valence-corrected chi connectivity index (χ4v) is 2.12. The van der Waals surface area contributed by atoms with Crippen molar-refractivity contribution in [1.29, 1.82) is 0 Å². The summed E-state index contributed by atoms with van der Waals surface area (Å²) >= 11 is 0. The molecular formula is C15H17NO4. The van der Waals surface area contributed by atoms with E-state index in [4.69, 9.17) is 9.52 Å². The number of nitrogens with zero attached hydrogens (tertiary/aromatic N) is 1. The van der Waals surface area contributed by atoms with E-state index in [1.165, 1.54) is 4.90 Å². The highest BCUT2D eigenvalue weighted by atomic mass is 16.4. The summed E-state index contributed by atoms with van der Waals surface area (Å²) in [6, 6.07) is 9.34. The van der Waals surface area contributed by atoms with Crippen molar-refractivity contribution < 1.29 is 19.1 Å². The fourth-order valence-electron chi connectivity index (χ4n) is 2.12. The van der Waals surface area contributed by atoms with Crippen molar-refractivity contribution in [2.75, 3.05) is 13.1 Å². The van der Waals surface area contributed by atoms with Gasteiger partial charge < -0.3 is 14.4 Å². The zero-order valence-electron chi connectivity index (χ0n) is 11.5. The Balaban J connectivity index is 2.22. The van der Waals surface area contributed by atoms with Crippen LogP contribution in [0.4, 0.5) is 0 Å². The lowest BCUT2D eigenvalue weighted by Crippen LogP contribution is -2.37. The van der Waals surface area contributed by atoms with Crippen LogP contribution in [0.15, 0.2) is 34.7 Å². The summed E-state index contributed by atoms with van der Waals surface area (Å²) in [6.07, 6.45) is 0. The molecule has 1 atom stereocenters. The number of fused-ring (bicyclic) bond motifs is 1. The quantitative estimate of drug-likeness (QED) is 0.910. The van der Waals surface area contributed by atoms with Gasteiger partial charge in [-0.05, 0) is 26.0 Å². The summed E-state index contributed by atoms with van der Waals surface area (Å²) in [5.41, 5.74) is 0.725. The average Bonchev–Trinajstić information content (AvgIpc) is 2.86. The minimum Gasteiger partial charge on any atom is -0.480 e. The van der Waals surface area contributed by atoms with E-state index in [2.05, 4.69) is 0 Å². The van der Waals surface area contributed by atoms with Crippen LogP contribution in [0.5, 0.6) is 0 Å². The van der Waals surface area contributed by atoms with Crippen LogP contribution in [0.25, 0.3) is 11.0 Å². The molecule has 1 unspecified atom stereocenters. The van der Waals surface area contributed by atoms with Gasteiger partial charge in [0.15, 0.2) is 0 Å². The van der Waals surface area contributed by atoms with Crippen molar-refractivity contribution in [1.82, 2.24) is 4.90 Å². The molecule has 2 rings (SSSR count). The standard InChI is InChI=1S/C15H17NO4/c1-3-16(9-14(17)18)15(19)10(2)13-8-11-6-4-5-7-12(11)20-13/h4-8,10H,3,9H2,1-2H3,(H,17,18). The molecule has 0 bridgehead atoms. The molecule has 2 aromatic rings. The molecule has 1 aromatic heterocycles. The second-order valence-electron chi connectivity index (χ2n) is 4.65. The first-order valence-electron chi connectivity index (χ1n) is 6.52. The number of carboxylic acids is 1. The number of aliphatic carboxylic acids is 1. The van der Waals surface area contributed by atoms with Crippen LogP contribution in [-0.2, 0) is 9.59 Å². The van der Waals surface area contributed by atoms with E-state index >= 15 is 0 Å². The molecule has 20 heavy (non-hydrogen) atoms. The summed E-state index contributed by atoms with van der Waals surface area (Å²) in [7, 11) is 0. The van der Waals surface area contributed by atoms with Crippen molar-refractivity contribution in [2.24, 2.45) is 0 Å². The Kier molecular flexibility index (Phi) is 4.08. The van der Waals surface area contributed by atoms with Crippen molar-refractivity contribution in [2.45, 2.75) is 19.8 Å². The minimum absolute atomic E-state index is 0.242. The van der Waals surface area contributed by atoms with Gasteiger partial charge in [0.2, 0.25) is 5.91 Å². The fraction of sp³-hybridized carbons (Fsp3) is 0.333. The number of amides is 1. The van der Waals surface area contributed by atoms with Crippen molar-refractivity contribution in [3.05, 3.63) is 36.1 Å². The highest BCUT2D eigenvalue weighted by Crippen LogP contribution is 2.26. The third kappa shape index (κ3) is 2.82. The Bertz CT molecular complexity index is 599. The van der Waals surface area contributed by atoms with Crippen molar-refractivity contribution >= 4 is 22.8 Å². The van der Waals surface area contributed by atoms with Gasteiger partial charge in [0.05, 0.1) is 5.92 Å². The number of furan rings is 1. The van der Waals surface area contributed by atoms with Gasteiger partial charge in [0.25, 0.3) is 0 Å². The Hall–Kier alpha value is -2.30. The average molecular weight is 275 g/mol. The van der Waals surface area contributed by atoms with Gasteiger partial charge in [-0.25, -0.2) is 0 Å². The van der Waals surface area contributed by atoms with Gasteiger partial charge in [-0.2, -0.15) is 0 Å². The molecule has 0 saturated heterocycles. The van der Waals surface area contributed by atoms with Crippen LogP contribution in [0, 0.1) is 0 Å². The Morgan fingerprint density at radius 3 is 2.65 bits per heavy atom. The highest BCUT2D eigenvalue weighted by molar-refractivity contribution is 5.87. The molecule has 0 aliphatic carbocycles. The highest BCUT2D eigenvalue weighted by Gasteiger charge is 2.25. The first kappa shape index (κ1) is 14.1. The van der Waals surface area contributed by atoms with E-state index in [0.717, 1.165) is 11.0 Å². The monoisotopic (exact) mass is 275 g/mol. The Morgan fingerprint density at radius 2 is 2.05 bits per heavy atom.